The Kier molecular flexibility index (Phi) is 3.98. The molecule has 1 amide bonds. The lowest BCUT2D eigenvalue weighted by atomic mass is 10.1. The van der Waals surface area contributed by atoms with E-state index in [0.29, 0.717) is 30.3 Å². The largest absolute Gasteiger partial charge is 0.486 e. The van der Waals surface area contributed by atoms with E-state index in [9.17, 15) is 4.79 Å². The van der Waals surface area contributed by atoms with Crippen molar-refractivity contribution in [2.24, 2.45) is 0 Å². The summed E-state index contributed by atoms with van der Waals surface area (Å²) < 4.78 is 11.1. The normalized spacial score (nSPS) is 13.8. The zero-order valence-electron chi connectivity index (χ0n) is 12.0. The maximum Gasteiger partial charge on any atom is 0.258 e. The molecule has 0 unspecified atom stereocenters. The van der Waals surface area contributed by atoms with Crippen LogP contribution in [0.2, 0.25) is 0 Å². The Morgan fingerprint density at radius 3 is 2.37 bits per heavy atom. The van der Waals surface area contributed by atoms with E-state index >= 15 is 0 Å². The first-order chi connectivity index (χ1) is 9.02. The van der Waals surface area contributed by atoms with Crippen LogP contribution in [0, 0.1) is 0 Å². The molecule has 0 radical (unpaired) electrons. The predicted molar refractivity (Wildman–Crippen MR) is 73.9 cm³/mol. The molecule has 1 aromatic carbocycles. The first-order valence-corrected chi connectivity index (χ1v) is 6.73. The summed E-state index contributed by atoms with van der Waals surface area (Å²) in [4.78, 5) is 14.5. The Balaban J connectivity index is 2.38. The molecule has 4 heteroatoms. The van der Waals surface area contributed by atoms with Crippen molar-refractivity contribution >= 4 is 5.91 Å². The van der Waals surface area contributed by atoms with E-state index in [2.05, 4.69) is 0 Å². The van der Waals surface area contributed by atoms with Gasteiger partial charge in [-0.05, 0) is 39.8 Å². The summed E-state index contributed by atoms with van der Waals surface area (Å²) in [5.41, 5.74) is 0.583. The lowest BCUT2D eigenvalue weighted by Gasteiger charge is -2.32. The average molecular weight is 263 g/mol. The molecule has 0 aromatic heterocycles. The highest BCUT2D eigenvalue weighted by molar-refractivity contribution is 5.98. The van der Waals surface area contributed by atoms with Crippen LogP contribution in [0.25, 0.3) is 0 Å². The van der Waals surface area contributed by atoms with Crippen LogP contribution in [0.15, 0.2) is 18.2 Å². The van der Waals surface area contributed by atoms with Gasteiger partial charge in [0, 0.05) is 12.1 Å². The number of amides is 1. The van der Waals surface area contributed by atoms with E-state index in [-0.39, 0.29) is 18.0 Å². The van der Waals surface area contributed by atoms with E-state index in [0.717, 1.165) is 0 Å². The van der Waals surface area contributed by atoms with Gasteiger partial charge in [-0.15, -0.1) is 0 Å². The van der Waals surface area contributed by atoms with Crippen LogP contribution in [0.4, 0.5) is 0 Å². The molecule has 1 aromatic rings. The van der Waals surface area contributed by atoms with E-state index in [4.69, 9.17) is 9.47 Å². The fraction of sp³-hybridized carbons (Fsp3) is 0.533. The predicted octanol–water partition coefficient (Wildman–Crippen LogP) is 2.72. The van der Waals surface area contributed by atoms with Crippen molar-refractivity contribution in [1.82, 2.24) is 4.90 Å². The number of para-hydroxylation sites is 1. The van der Waals surface area contributed by atoms with Gasteiger partial charge >= 0.3 is 0 Å². The van der Waals surface area contributed by atoms with Crippen LogP contribution in [0.3, 0.4) is 0 Å². The van der Waals surface area contributed by atoms with Gasteiger partial charge in [-0.1, -0.05) is 6.07 Å². The van der Waals surface area contributed by atoms with E-state index in [1.54, 1.807) is 6.07 Å². The van der Waals surface area contributed by atoms with Crippen molar-refractivity contribution in [3.63, 3.8) is 0 Å². The molecule has 1 aliphatic rings. The third kappa shape index (κ3) is 2.67. The van der Waals surface area contributed by atoms with Crippen LogP contribution in [0.1, 0.15) is 38.1 Å². The lowest BCUT2D eigenvalue weighted by Crippen LogP contribution is -2.42. The first-order valence-electron chi connectivity index (χ1n) is 6.73. The molecule has 1 heterocycles. The van der Waals surface area contributed by atoms with Gasteiger partial charge < -0.3 is 14.4 Å². The molecular formula is C15H21NO3. The van der Waals surface area contributed by atoms with Crippen LogP contribution in [0.5, 0.6) is 11.5 Å². The van der Waals surface area contributed by atoms with Crippen molar-refractivity contribution in [3.8, 4) is 11.5 Å². The summed E-state index contributed by atoms with van der Waals surface area (Å²) in [7, 11) is 0. The average Bonchev–Trinajstić information content (AvgIpc) is 2.37. The number of fused-ring (bicyclic) bond motifs is 1. The van der Waals surface area contributed by atoms with Crippen LogP contribution >= 0.6 is 0 Å². The smallest absolute Gasteiger partial charge is 0.258 e. The Hall–Kier alpha value is -1.71. The monoisotopic (exact) mass is 263 g/mol. The zero-order chi connectivity index (χ0) is 14.0. The fourth-order valence-corrected chi connectivity index (χ4v) is 2.45. The molecule has 0 N–H and O–H groups in total. The maximum absolute atomic E-state index is 12.7. The van der Waals surface area contributed by atoms with E-state index < -0.39 is 0 Å². The van der Waals surface area contributed by atoms with Gasteiger partial charge in [0.25, 0.3) is 5.91 Å². The molecule has 0 saturated carbocycles. The summed E-state index contributed by atoms with van der Waals surface area (Å²) in [6.45, 7) is 9.09. The molecule has 4 nitrogen and oxygen atoms in total. The second-order valence-corrected chi connectivity index (χ2v) is 5.23. The number of benzene rings is 1. The SMILES string of the molecule is CC(C)N(C(=O)c1cccc2c1OCCO2)C(C)C. The highest BCUT2D eigenvalue weighted by Crippen LogP contribution is 2.34. The van der Waals surface area contributed by atoms with Gasteiger partial charge in [-0.2, -0.15) is 0 Å². The highest BCUT2D eigenvalue weighted by atomic mass is 16.6. The number of hydrogen-bond acceptors (Lipinski definition) is 3. The summed E-state index contributed by atoms with van der Waals surface area (Å²) >= 11 is 0. The Bertz CT molecular complexity index is 460. The third-order valence-electron chi connectivity index (χ3n) is 3.14. The number of nitrogens with zero attached hydrogens (tertiary/aromatic N) is 1. The van der Waals surface area contributed by atoms with Crippen molar-refractivity contribution in [3.05, 3.63) is 23.8 Å². The van der Waals surface area contributed by atoms with Crippen LogP contribution < -0.4 is 9.47 Å². The number of ether oxygens (including phenoxy) is 2. The van der Waals surface area contributed by atoms with Crippen molar-refractivity contribution in [2.45, 2.75) is 39.8 Å². The highest BCUT2D eigenvalue weighted by Gasteiger charge is 2.27. The van der Waals surface area contributed by atoms with Gasteiger partial charge in [0.05, 0.1) is 5.56 Å². The second kappa shape index (κ2) is 5.51. The van der Waals surface area contributed by atoms with Gasteiger partial charge in [0.15, 0.2) is 11.5 Å². The summed E-state index contributed by atoms with van der Waals surface area (Å²) in [6.07, 6.45) is 0. The number of carbonyl (C=O) groups excluding carboxylic acids is 1. The van der Waals surface area contributed by atoms with Crippen molar-refractivity contribution in [1.29, 1.82) is 0 Å². The molecule has 0 aliphatic carbocycles. The minimum Gasteiger partial charge on any atom is -0.486 e. The maximum atomic E-state index is 12.7. The van der Waals surface area contributed by atoms with Crippen LogP contribution in [-0.2, 0) is 0 Å². The second-order valence-electron chi connectivity index (χ2n) is 5.23. The van der Waals surface area contributed by atoms with Gasteiger partial charge in [0.1, 0.15) is 13.2 Å². The van der Waals surface area contributed by atoms with Crippen molar-refractivity contribution in [2.75, 3.05) is 13.2 Å². The Morgan fingerprint density at radius 1 is 1.11 bits per heavy atom. The molecule has 0 bridgehead atoms. The quantitative estimate of drug-likeness (QED) is 0.841. The lowest BCUT2D eigenvalue weighted by molar-refractivity contribution is 0.0634. The van der Waals surface area contributed by atoms with Crippen LogP contribution in [-0.4, -0.2) is 36.1 Å². The minimum atomic E-state index is -0.00708. The number of carbonyl (C=O) groups is 1. The Labute approximate surface area is 114 Å². The van der Waals surface area contributed by atoms with E-state index in [1.165, 1.54) is 0 Å². The molecular weight excluding hydrogens is 242 g/mol. The molecule has 0 spiro atoms. The van der Waals surface area contributed by atoms with E-state index in [1.807, 2.05) is 44.7 Å². The molecule has 104 valence electrons. The zero-order valence-corrected chi connectivity index (χ0v) is 12.0. The third-order valence-corrected chi connectivity index (χ3v) is 3.14. The Morgan fingerprint density at radius 2 is 1.74 bits per heavy atom. The topological polar surface area (TPSA) is 38.8 Å². The van der Waals surface area contributed by atoms with Gasteiger partial charge in [-0.25, -0.2) is 0 Å². The summed E-state index contributed by atoms with van der Waals surface area (Å²) in [5.74, 6) is 1.22. The molecule has 0 saturated heterocycles. The molecule has 2 rings (SSSR count). The summed E-state index contributed by atoms with van der Waals surface area (Å²) in [6, 6.07) is 5.76. The standard InChI is InChI=1S/C15H21NO3/c1-10(2)16(11(3)4)15(17)12-6-5-7-13-14(12)19-9-8-18-13/h5-7,10-11H,8-9H2,1-4H3. The molecule has 0 fully saturated rings. The first kappa shape index (κ1) is 13.7. The molecule has 19 heavy (non-hydrogen) atoms. The fourth-order valence-electron chi connectivity index (χ4n) is 2.45. The van der Waals surface area contributed by atoms with Crippen molar-refractivity contribution < 1.29 is 14.3 Å². The molecule has 0 atom stereocenters. The number of rotatable bonds is 3. The summed E-state index contributed by atoms with van der Waals surface area (Å²) in [5, 5.41) is 0. The minimum absolute atomic E-state index is 0.00708. The van der Waals surface area contributed by atoms with Gasteiger partial charge in [0.2, 0.25) is 0 Å². The molecule has 1 aliphatic heterocycles. The van der Waals surface area contributed by atoms with Gasteiger partial charge in [-0.3, -0.25) is 4.79 Å². The number of hydrogen-bond donors (Lipinski definition) is 0.